The van der Waals surface area contributed by atoms with Crippen molar-refractivity contribution in [3.63, 3.8) is 0 Å². The van der Waals surface area contributed by atoms with Gasteiger partial charge in [0.2, 0.25) is 5.75 Å². The number of ether oxygens (including phenoxy) is 3. The Morgan fingerprint density at radius 3 is 2.29 bits per heavy atom. The van der Waals surface area contributed by atoms with E-state index in [4.69, 9.17) is 14.2 Å². The molecule has 0 unspecified atom stereocenters. The molecule has 2 amide bonds. The van der Waals surface area contributed by atoms with E-state index in [2.05, 4.69) is 38.1 Å². The normalized spacial score (nSPS) is 15.2. The highest BCUT2D eigenvalue weighted by molar-refractivity contribution is 9.10. The summed E-state index contributed by atoms with van der Waals surface area (Å²) in [5.74, 6) is 1.44. The lowest BCUT2D eigenvalue weighted by Crippen LogP contribution is -2.44. The van der Waals surface area contributed by atoms with Crippen LogP contribution in [0.4, 0.5) is 10.5 Å². The van der Waals surface area contributed by atoms with Crippen molar-refractivity contribution in [2.75, 3.05) is 33.2 Å². The zero-order chi connectivity index (χ0) is 22.0. The lowest BCUT2D eigenvalue weighted by atomic mass is 10.0. The number of urea groups is 1. The van der Waals surface area contributed by atoms with Crippen LogP contribution < -0.4 is 19.5 Å². The van der Waals surface area contributed by atoms with Crippen LogP contribution >= 0.6 is 15.9 Å². The van der Waals surface area contributed by atoms with Gasteiger partial charge >= 0.3 is 6.03 Å². The Morgan fingerprint density at radius 2 is 1.68 bits per heavy atom. The van der Waals surface area contributed by atoms with E-state index >= 15 is 0 Å². The minimum Gasteiger partial charge on any atom is -0.493 e. The summed E-state index contributed by atoms with van der Waals surface area (Å²) < 4.78 is 19.4. The summed E-state index contributed by atoms with van der Waals surface area (Å²) in [6.07, 6.45) is 2.05. The number of nitrogens with one attached hydrogen (secondary N) is 1. The standard InChI is InChI=1S/C23H24BrN3O4/c1-29-19-13-17(14-20(30-2)22(19)31-3)25-23(28)27-12-11-26-10-4-5-18(26)21(27)15-6-8-16(24)9-7-15/h4-10,13-14,21H,11-12H2,1-3H3,(H,25,28)/t21-/m0/s1. The summed E-state index contributed by atoms with van der Waals surface area (Å²) >= 11 is 3.49. The van der Waals surface area contributed by atoms with E-state index in [1.807, 2.05) is 35.2 Å². The minimum atomic E-state index is -0.199. The largest absolute Gasteiger partial charge is 0.493 e. The van der Waals surface area contributed by atoms with E-state index in [0.29, 0.717) is 29.5 Å². The predicted molar refractivity (Wildman–Crippen MR) is 122 cm³/mol. The number of hydrogen-bond donors (Lipinski definition) is 1. The van der Waals surface area contributed by atoms with Gasteiger partial charge in [0.05, 0.1) is 33.1 Å². The average molecular weight is 486 g/mol. The van der Waals surface area contributed by atoms with Gasteiger partial charge in [0, 0.05) is 41.6 Å². The van der Waals surface area contributed by atoms with E-state index in [0.717, 1.165) is 22.3 Å². The number of anilines is 1. The molecule has 0 saturated carbocycles. The molecule has 0 radical (unpaired) electrons. The van der Waals surface area contributed by atoms with Gasteiger partial charge in [0.15, 0.2) is 11.5 Å². The first-order valence-corrected chi connectivity index (χ1v) is 10.6. The second kappa shape index (κ2) is 8.93. The number of hydrogen-bond acceptors (Lipinski definition) is 4. The van der Waals surface area contributed by atoms with Crippen LogP contribution in [0.15, 0.2) is 59.2 Å². The maximum atomic E-state index is 13.4. The van der Waals surface area contributed by atoms with E-state index in [1.165, 1.54) is 0 Å². The smallest absolute Gasteiger partial charge is 0.322 e. The summed E-state index contributed by atoms with van der Waals surface area (Å²) in [7, 11) is 4.64. The first-order valence-electron chi connectivity index (χ1n) is 9.84. The third-order valence-corrected chi connectivity index (χ3v) is 5.93. The van der Waals surface area contributed by atoms with Crippen LogP contribution in [-0.4, -0.2) is 43.4 Å². The van der Waals surface area contributed by atoms with Crippen LogP contribution in [0.3, 0.4) is 0 Å². The third-order valence-electron chi connectivity index (χ3n) is 5.40. The highest BCUT2D eigenvalue weighted by Gasteiger charge is 2.32. The molecule has 2 heterocycles. The number of nitrogens with zero attached hydrogens (tertiary/aromatic N) is 2. The Hall–Kier alpha value is -3.13. The predicted octanol–water partition coefficient (Wildman–Crippen LogP) is 4.91. The van der Waals surface area contributed by atoms with Gasteiger partial charge in [-0.2, -0.15) is 0 Å². The van der Waals surface area contributed by atoms with Crippen LogP contribution in [-0.2, 0) is 6.54 Å². The fourth-order valence-corrected chi connectivity index (χ4v) is 4.21. The third kappa shape index (κ3) is 4.07. The Kier molecular flexibility index (Phi) is 6.08. The van der Waals surface area contributed by atoms with Gasteiger partial charge in [-0.15, -0.1) is 0 Å². The number of halogens is 1. The zero-order valence-corrected chi connectivity index (χ0v) is 19.2. The number of fused-ring (bicyclic) bond motifs is 1. The highest BCUT2D eigenvalue weighted by Crippen LogP contribution is 2.40. The van der Waals surface area contributed by atoms with E-state index in [-0.39, 0.29) is 12.1 Å². The Bertz CT molecular complexity index is 1060. The molecular weight excluding hydrogens is 462 g/mol. The summed E-state index contributed by atoms with van der Waals surface area (Å²) in [4.78, 5) is 15.2. The van der Waals surface area contributed by atoms with Gasteiger partial charge < -0.3 is 29.0 Å². The van der Waals surface area contributed by atoms with Crippen molar-refractivity contribution in [2.24, 2.45) is 0 Å². The molecule has 8 heteroatoms. The molecule has 0 saturated heterocycles. The van der Waals surface area contributed by atoms with Crippen LogP contribution in [0, 0.1) is 0 Å². The van der Waals surface area contributed by atoms with Crippen molar-refractivity contribution >= 4 is 27.6 Å². The SMILES string of the molecule is COc1cc(NC(=O)N2CCn3cccc3[C@@H]2c2ccc(Br)cc2)cc(OC)c1OC. The maximum Gasteiger partial charge on any atom is 0.322 e. The second-order valence-electron chi connectivity index (χ2n) is 7.12. The molecule has 1 aromatic heterocycles. The number of carbonyl (C=O) groups excluding carboxylic acids is 1. The number of benzene rings is 2. The average Bonchev–Trinajstić information content (AvgIpc) is 3.27. The maximum absolute atomic E-state index is 13.4. The minimum absolute atomic E-state index is 0.195. The molecule has 162 valence electrons. The van der Waals surface area contributed by atoms with E-state index in [1.54, 1.807) is 33.5 Å². The van der Waals surface area contributed by atoms with Gasteiger partial charge in [-0.05, 0) is 29.8 Å². The summed E-state index contributed by atoms with van der Waals surface area (Å²) in [5.41, 5.74) is 2.69. The molecule has 0 fully saturated rings. The van der Waals surface area contributed by atoms with Gasteiger partial charge in [0.1, 0.15) is 0 Å². The molecule has 7 nitrogen and oxygen atoms in total. The van der Waals surface area contributed by atoms with Crippen molar-refractivity contribution in [2.45, 2.75) is 12.6 Å². The van der Waals surface area contributed by atoms with E-state index < -0.39 is 0 Å². The van der Waals surface area contributed by atoms with Crippen LogP contribution in [0.1, 0.15) is 17.3 Å². The van der Waals surface area contributed by atoms with Crippen LogP contribution in [0.5, 0.6) is 17.2 Å². The Labute approximate surface area is 189 Å². The van der Waals surface area contributed by atoms with Gasteiger partial charge in [-0.1, -0.05) is 28.1 Å². The van der Waals surface area contributed by atoms with Gasteiger partial charge in [0.25, 0.3) is 0 Å². The second-order valence-corrected chi connectivity index (χ2v) is 8.03. The summed E-state index contributed by atoms with van der Waals surface area (Å²) in [5, 5.41) is 3.00. The zero-order valence-electron chi connectivity index (χ0n) is 17.6. The number of carbonyl (C=O) groups is 1. The molecule has 3 aromatic rings. The lowest BCUT2D eigenvalue weighted by molar-refractivity contribution is 0.182. The van der Waals surface area contributed by atoms with Crippen LogP contribution in [0.25, 0.3) is 0 Å². The molecule has 1 aliphatic rings. The first kappa shape index (κ1) is 21.1. The topological polar surface area (TPSA) is 65.0 Å². The Balaban J connectivity index is 1.66. The quantitative estimate of drug-likeness (QED) is 0.557. The van der Waals surface area contributed by atoms with Gasteiger partial charge in [-0.25, -0.2) is 4.79 Å². The number of aromatic nitrogens is 1. The van der Waals surface area contributed by atoms with Crippen molar-refractivity contribution < 1.29 is 19.0 Å². The van der Waals surface area contributed by atoms with E-state index in [9.17, 15) is 4.79 Å². The first-order chi connectivity index (χ1) is 15.0. The summed E-state index contributed by atoms with van der Waals surface area (Å²) in [6.45, 7) is 1.32. The van der Waals surface area contributed by atoms with Crippen molar-refractivity contribution in [3.05, 3.63) is 70.5 Å². The lowest BCUT2D eigenvalue weighted by Gasteiger charge is -2.37. The number of rotatable bonds is 5. The molecule has 1 aliphatic heterocycles. The molecule has 0 spiro atoms. The monoisotopic (exact) mass is 485 g/mol. The molecule has 0 bridgehead atoms. The molecule has 1 N–H and O–H groups in total. The molecule has 2 aromatic carbocycles. The van der Waals surface area contributed by atoms with Crippen molar-refractivity contribution in [1.82, 2.24) is 9.47 Å². The molecule has 1 atom stereocenters. The number of methoxy groups -OCH3 is 3. The molecule has 4 rings (SSSR count). The fraction of sp³-hybridized carbons (Fsp3) is 0.261. The highest BCUT2D eigenvalue weighted by atomic mass is 79.9. The summed E-state index contributed by atoms with van der Waals surface area (Å²) in [6, 6.07) is 15.2. The molecule has 0 aliphatic carbocycles. The molecule has 31 heavy (non-hydrogen) atoms. The number of amides is 2. The van der Waals surface area contributed by atoms with Crippen molar-refractivity contribution in [1.29, 1.82) is 0 Å². The fourth-order valence-electron chi connectivity index (χ4n) is 3.95. The van der Waals surface area contributed by atoms with Crippen LogP contribution in [0.2, 0.25) is 0 Å². The van der Waals surface area contributed by atoms with Gasteiger partial charge in [-0.3, -0.25) is 0 Å². The Morgan fingerprint density at radius 1 is 1.00 bits per heavy atom. The van der Waals surface area contributed by atoms with Crippen molar-refractivity contribution in [3.8, 4) is 17.2 Å². The molecular formula is C23H24BrN3O4.